The molecule has 0 atom stereocenters. The number of aryl methyl sites for hydroxylation is 1. The summed E-state index contributed by atoms with van der Waals surface area (Å²) in [6.07, 6.45) is 0. The molecule has 0 bridgehead atoms. The lowest BCUT2D eigenvalue weighted by Gasteiger charge is -2.14. The number of hydrogen-bond acceptors (Lipinski definition) is 2. The first-order chi connectivity index (χ1) is 9.11. The summed E-state index contributed by atoms with van der Waals surface area (Å²) in [5.41, 5.74) is 9.23. The first-order valence-electron chi connectivity index (χ1n) is 6.68. The zero-order valence-corrected chi connectivity index (χ0v) is 11.8. The van der Waals surface area contributed by atoms with Crippen LogP contribution in [0.3, 0.4) is 0 Å². The van der Waals surface area contributed by atoms with E-state index in [1.165, 1.54) is 11.1 Å². The Labute approximate surface area is 115 Å². The summed E-state index contributed by atoms with van der Waals surface area (Å²) in [6.45, 7) is 6.97. The SMILES string of the molecule is Cc1cc(Oc2ccccc2C(C)C)ccc1CN. The summed E-state index contributed by atoms with van der Waals surface area (Å²) in [5, 5.41) is 0. The molecule has 0 heterocycles. The molecule has 0 aliphatic heterocycles. The maximum absolute atomic E-state index is 6.01. The Hall–Kier alpha value is -1.80. The van der Waals surface area contributed by atoms with E-state index in [9.17, 15) is 0 Å². The number of rotatable bonds is 4. The molecule has 2 rings (SSSR count). The van der Waals surface area contributed by atoms with Crippen LogP contribution in [-0.4, -0.2) is 0 Å². The molecule has 0 aliphatic rings. The van der Waals surface area contributed by atoms with Crippen LogP contribution in [0.1, 0.15) is 36.5 Å². The summed E-state index contributed by atoms with van der Waals surface area (Å²) in [4.78, 5) is 0. The minimum absolute atomic E-state index is 0.445. The van der Waals surface area contributed by atoms with Crippen LogP contribution in [-0.2, 0) is 6.54 Å². The van der Waals surface area contributed by atoms with Crippen molar-refractivity contribution in [2.75, 3.05) is 0 Å². The van der Waals surface area contributed by atoms with Crippen molar-refractivity contribution in [2.45, 2.75) is 33.2 Å². The predicted molar refractivity (Wildman–Crippen MR) is 79.7 cm³/mol. The standard InChI is InChI=1S/C17H21NO/c1-12(2)16-6-4-5-7-17(16)19-15-9-8-14(11-18)13(3)10-15/h4-10,12H,11,18H2,1-3H3. The van der Waals surface area contributed by atoms with Gasteiger partial charge in [-0.3, -0.25) is 0 Å². The van der Waals surface area contributed by atoms with Crippen molar-refractivity contribution in [3.63, 3.8) is 0 Å². The molecule has 0 saturated heterocycles. The topological polar surface area (TPSA) is 35.2 Å². The Bertz CT molecular complexity index is 561. The predicted octanol–water partition coefficient (Wildman–Crippen LogP) is 4.37. The summed E-state index contributed by atoms with van der Waals surface area (Å²) < 4.78 is 6.01. The molecule has 2 heteroatoms. The van der Waals surface area contributed by atoms with E-state index in [-0.39, 0.29) is 0 Å². The third-order valence-electron chi connectivity index (χ3n) is 3.30. The fraction of sp³-hybridized carbons (Fsp3) is 0.294. The first kappa shape index (κ1) is 13.6. The molecule has 0 unspecified atom stereocenters. The van der Waals surface area contributed by atoms with E-state index in [0.29, 0.717) is 12.5 Å². The third kappa shape index (κ3) is 3.15. The van der Waals surface area contributed by atoms with Crippen molar-refractivity contribution < 1.29 is 4.74 Å². The second-order valence-electron chi connectivity index (χ2n) is 5.09. The lowest BCUT2D eigenvalue weighted by Crippen LogP contribution is -1.99. The van der Waals surface area contributed by atoms with E-state index in [2.05, 4.69) is 26.8 Å². The second kappa shape index (κ2) is 5.89. The Morgan fingerprint density at radius 3 is 2.47 bits per heavy atom. The summed E-state index contributed by atoms with van der Waals surface area (Å²) in [6, 6.07) is 14.2. The fourth-order valence-electron chi connectivity index (χ4n) is 2.14. The summed E-state index contributed by atoms with van der Waals surface area (Å²) in [7, 11) is 0. The van der Waals surface area contributed by atoms with Crippen molar-refractivity contribution in [1.82, 2.24) is 0 Å². The largest absolute Gasteiger partial charge is 0.457 e. The molecule has 2 nitrogen and oxygen atoms in total. The zero-order chi connectivity index (χ0) is 13.8. The van der Waals surface area contributed by atoms with Gasteiger partial charge in [0.2, 0.25) is 0 Å². The van der Waals surface area contributed by atoms with Crippen molar-refractivity contribution in [1.29, 1.82) is 0 Å². The van der Waals surface area contributed by atoms with Gasteiger partial charge in [0, 0.05) is 6.54 Å². The van der Waals surface area contributed by atoms with Crippen molar-refractivity contribution in [3.8, 4) is 11.5 Å². The zero-order valence-electron chi connectivity index (χ0n) is 11.8. The Kier molecular flexibility index (Phi) is 4.23. The van der Waals surface area contributed by atoms with Gasteiger partial charge in [-0.1, -0.05) is 38.1 Å². The van der Waals surface area contributed by atoms with Crippen molar-refractivity contribution in [3.05, 3.63) is 59.2 Å². The average molecular weight is 255 g/mol. The molecule has 0 saturated carbocycles. The maximum Gasteiger partial charge on any atom is 0.130 e. The summed E-state index contributed by atoms with van der Waals surface area (Å²) >= 11 is 0. The Balaban J connectivity index is 2.29. The van der Waals surface area contributed by atoms with Crippen LogP contribution in [0.4, 0.5) is 0 Å². The van der Waals surface area contributed by atoms with Gasteiger partial charge in [0.05, 0.1) is 0 Å². The quantitative estimate of drug-likeness (QED) is 0.880. The molecule has 0 aromatic heterocycles. The summed E-state index contributed by atoms with van der Waals surface area (Å²) in [5.74, 6) is 2.24. The van der Waals surface area contributed by atoms with Crippen molar-refractivity contribution >= 4 is 0 Å². The number of para-hydroxylation sites is 1. The van der Waals surface area contributed by atoms with E-state index in [1.54, 1.807) is 0 Å². The van der Waals surface area contributed by atoms with Gasteiger partial charge in [0.1, 0.15) is 11.5 Å². The van der Waals surface area contributed by atoms with Crippen LogP contribution in [0, 0.1) is 6.92 Å². The fourth-order valence-corrected chi connectivity index (χ4v) is 2.14. The highest BCUT2D eigenvalue weighted by molar-refractivity contribution is 5.41. The van der Waals surface area contributed by atoms with E-state index < -0.39 is 0 Å². The molecular formula is C17H21NO. The van der Waals surface area contributed by atoms with Crippen LogP contribution < -0.4 is 10.5 Å². The lowest BCUT2D eigenvalue weighted by atomic mass is 10.0. The van der Waals surface area contributed by atoms with Crippen LogP contribution in [0.15, 0.2) is 42.5 Å². The van der Waals surface area contributed by atoms with Gasteiger partial charge in [-0.2, -0.15) is 0 Å². The Morgan fingerprint density at radius 1 is 1.11 bits per heavy atom. The molecule has 0 radical (unpaired) electrons. The molecule has 0 amide bonds. The smallest absolute Gasteiger partial charge is 0.130 e. The monoisotopic (exact) mass is 255 g/mol. The number of ether oxygens (including phenoxy) is 1. The highest BCUT2D eigenvalue weighted by atomic mass is 16.5. The van der Waals surface area contributed by atoms with Crippen LogP contribution in [0.2, 0.25) is 0 Å². The van der Waals surface area contributed by atoms with Gasteiger partial charge >= 0.3 is 0 Å². The molecular weight excluding hydrogens is 234 g/mol. The van der Waals surface area contributed by atoms with Crippen LogP contribution >= 0.6 is 0 Å². The minimum Gasteiger partial charge on any atom is -0.457 e. The van der Waals surface area contributed by atoms with Crippen LogP contribution in [0.25, 0.3) is 0 Å². The van der Waals surface area contributed by atoms with Gasteiger partial charge in [-0.25, -0.2) is 0 Å². The molecule has 100 valence electrons. The van der Waals surface area contributed by atoms with E-state index in [0.717, 1.165) is 17.1 Å². The molecule has 2 aromatic carbocycles. The van der Waals surface area contributed by atoms with E-state index >= 15 is 0 Å². The molecule has 19 heavy (non-hydrogen) atoms. The first-order valence-corrected chi connectivity index (χ1v) is 6.68. The molecule has 2 N–H and O–H groups in total. The minimum atomic E-state index is 0.445. The highest BCUT2D eigenvalue weighted by Crippen LogP contribution is 2.30. The lowest BCUT2D eigenvalue weighted by molar-refractivity contribution is 0.472. The molecule has 0 aliphatic carbocycles. The third-order valence-corrected chi connectivity index (χ3v) is 3.30. The average Bonchev–Trinajstić information content (AvgIpc) is 2.39. The molecule has 0 fully saturated rings. The van der Waals surface area contributed by atoms with Crippen molar-refractivity contribution in [2.24, 2.45) is 5.73 Å². The van der Waals surface area contributed by atoms with Gasteiger partial charge in [-0.05, 0) is 47.7 Å². The molecule has 2 aromatic rings. The van der Waals surface area contributed by atoms with E-state index in [4.69, 9.17) is 10.5 Å². The number of hydrogen-bond donors (Lipinski definition) is 1. The Morgan fingerprint density at radius 2 is 1.84 bits per heavy atom. The van der Waals surface area contributed by atoms with Gasteiger partial charge in [-0.15, -0.1) is 0 Å². The maximum atomic E-state index is 6.01. The van der Waals surface area contributed by atoms with E-state index in [1.807, 2.05) is 36.4 Å². The molecule has 0 spiro atoms. The number of nitrogens with two attached hydrogens (primary N) is 1. The van der Waals surface area contributed by atoms with Gasteiger partial charge in [0.15, 0.2) is 0 Å². The second-order valence-corrected chi connectivity index (χ2v) is 5.09. The van der Waals surface area contributed by atoms with Gasteiger partial charge in [0.25, 0.3) is 0 Å². The van der Waals surface area contributed by atoms with Crippen LogP contribution in [0.5, 0.6) is 11.5 Å². The highest BCUT2D eigenvalue weighted by Gasteiger charge is 2.08. The number of benzene rings is 2. The normalized spacial score (nSPS) is 10.8. The van der Waals surface area contributed by atoms with Gasteiger partial charge < -0.3 is 10.5 Å².